The molecule has 0 spiro atoms. The number of rotatable bonds is 10. The molecule has 2 aromatic rings. The summed E-state index contributed by atoms with van der Waals surface area (Å²) < 4.78 is 0. The molecule has 0 saturated heterocycles. The third-order valence-electron chi connectivity index (χ3n) is 4.24. The lowest BCUT2D eigenvalue weighted by Gasteiger charge is -2.35. The van der Waals surface area contributed by atoms with Gasteiger partial charge in [-0.1, -0.05) is 85.0 Å². The molecule has 2 atom stereocenters. The molecule has 0 amide bonds. The molecule has 0 aromatic heterocycles. The number of aliphatic hydroxyl groups is 1. The van der Waals surface area contributed by atoms with Gasteiger partial charge in [-0.2, -0.15) is 0 Å². The zero-order valence-corrected chi connectivity index (χ0v) is 14.7. The molecule has 0 saturated carbocycles. The van der Waals surface area contributed by atoms with Gasteiger partial charge < -0.3 is 5.11 Å². The quantitative estimate of drug-likeness (QED) is 0.627. The Morgan fingerprint density at radius 2 is 1.56 bits per heavy atom. The first-order chi connectivity index (χ1) is 12.3. The van der Waals surface area contributed by atoms with Crippen molar-refractivity contribution in [1.82, 2.24) is 4.90 Å². The summed E-state index contributed by atoms with van der Waals surface area (Å²) in [4.78, 5) is 2.27. The molecule has 0 unspecified atom stereocenters. The van der Waals surface area contributed by atoms with Gasteiger partial charge in [0.15, 0.2) is 0 Å². The lowest BCUT2D eigenvalue weighted by atomic mass is 10.0. The molecular formula is C23H27NO. The van der Waals surface area contributed by atoms with E-state index in [1.807, 2.05) is 48.6 Å². The Balaban J connectivity index is 2.30. The number of benzene rings is 2. The fraction of sp³-hybridized carbons (Fsp3) is 0.217. The van der Waals surface area contributed by atoms with Crippen molar-refractivity contribution in [2.24, 2.45) is 0 Å². The highest BCUT2D eigenvalue weighted by Crippen LogP contribution is 2.25. The predicted octanol–water partition coefficient (Wildman–Crippen LogP) is 4.87. The third-order valence-corrected chi connectivity index (χ3v) is 4.24. The van der Waals surface area contributed by atoms with Gasteiger partial charge in [0.1, 0.15) is 0 Å². The van der Waals surface area contributed by atoms with Gasteiger partial charge in [0.2, 0.25) is 0 Å². The summed E-state index contributed by atoms with van der Waals surface area (Å²) in [6.45, 7) is 8.56. The second-order valence-corrected chi connectivity index (χ2v) is 5.96. The summed E-state index contributed by atoms with van der Waals surface area (Å²) in [5.41, 5.74) is 2.27. The maximum Gasteiger partial charge on any atom is 0.0628 e. The Hall–Kier alpha value is -2.42. The summed E-state index contributed by atoms with van der Waals surface area (Å²) in [6, 6.07) is 20.4. The van der Waals surface area contributed by atoms with Crippen LogP contribution in [0.1, 0.15) is 23.6 Å². The van der Waals surface area contributed by atoms with Crippen molar-refractivity contribution < 1.29 is 5.11 Å². The molecule has 1 N–H and O–H groups in total. The van der Waals surface area contributed by atoms with E-state index in [-0.39, 0.29) is 18.7 Å². The normalized spacial score (nSPS) is 13.7. The second kappa shape index (κ2) is 10.4. The largest absolute Gasteiger partial charge is 0.394 e. The van der Waals surface area contributed by atoms with E-state index in [1.54, 1.807) is 0 Å². The molecule has 0 radical (unpaired) electrons. The van der Waals surface area contributed by atoms with Gasteiger partial charge in [0.05, 0.1) is 12.6 Å². The van der Waals surface area contributed by atoms with Crippen molar-refractivity contribution in [1.29, 1.82) is 0 Å². The molecule has 2 aromatic carbocycles. The van der Waals surface area contributed by atoms with Crippen LogP contribution in [0.3, 0.4) is 0 Å². The van der Waals surface area contributed by atoms with Crippen LogP contribution >= 0.6 is 0 Å². The SMILES string of the molecule is C=CC[C@@H](/C=C/c1ccccc1)N(CC=C)[C@H](CO)c1ccccc1. The van der Waals surface area contributed by atoms with Crippen LogP contribution in [0.2, 0.25) is 0 Å². The topological polar surface area (TPSA) is 23.5 Å². The van der Waals surface area contributed by atoms with Crippen molar-refractivity contribution >= 4 is 6.08 Å². The Morgan fingerprint density at radius 1 is 0.920 bits per heavy atom. The van der Waals surface area contributed by atoms with Crippen molar-refractivity contribution in [3.63, 3.8) is 0 Å². The Morgan fingerprint density at radius 3 is 2.12 bits per heavy atom. The van der Waals surface area contributed by atoms with E-state index in [0.29, 0.717) is 6.54 Å². The fourth-order valence-electron chi connectivity index (χ4n) is 3.00. The number of nitrogens with zero attached hydrogens (tertiary/aromatic N) is 1. The first-order valence-corrected chi connectivity index (χ1v) is 8.66. The van der Waals surface area contributed by atoms with Gasteiger partial charge in [-0.25, -0.2) is 0 Å². The van der Waals surface area contributed by atoms with Crippen molar-refractivity contribution in [2.45, 2.75) is 18.5 Å². The summed E-state index contributed by atoms with van der Waals surface area (Å²) in [7, 11) is 0. The highest BCUT2D eigenvalue weighted by molar-refractivity contribution is 5.49. The van der Waals surface area contributed by atoms with Gasteiger partial charge >= 0.3 is 0 Å². The molecule has 2 rings (SSSR count). The molecule has 0 aliphatic carbocycles. The summed E-state index contributed by atoms with van der Waals surface area (Å²) in [5, 5.41) is 10.1. The number of hydrogen-bond donors (Lipinski definition) is 1. The van der Waals surface area contributed by atoms with E-state index in [9.17, 15) is 5.11 Å². The minimum absolute atomic E-state index is 0.0602. The molecule has 2 heteroatoms. The molecule has 25 heavy (non-hydrogen) atoms. The molecular weight excluding hydrogens is 306 g/mol. The maximum atomic E-state index is 10.1. The lowest BCUT2D eigenvalue weighted by Crippen LogP contribution is -2.39. The van der Waals surface area contributed by atoms with Gasteiger partial charge in [-0.15, -0.1) is 13.2 Å². The van der Waals surface area contributed by atoms with Crippen molar-refractivity contribution in [3.8, 4) is 0 Å². The Kier molecular flexibility index (Phi) is 7.90. The molecule has 0 heterocycles. The number of aliphatic hydroxyl groups excluding tert-OH is 1. The highest BCUT2D eigenvalue weighted by atomic mass is 16.3. The van der Waals surface area contributed by atoms with E-state index in [1.165, 1.54) is 0 Å². The lowest BCUT2D eigenvalue weighted by molar-refractivity contribution is 0.112. The highest BCUT2D eigenvalue weighted by Gasteiger charge is 2.24. The van der Waals surface area contributed by atoms with Crippen LogP contribution in [0, 0.1) is 0 Å². The maximum absolute atomic E-state index is 10.1. The molecule has 0 aliphatic heterocycles. The third kappa shape index (κ3) is 5.56. The van der Waals surface area contributed by atoms with Crippen LogP contribution in [0.5, 0.6) is 0 Å². The smallest absolute Gasteiger partial charge is 0.0628 e. The van der Waals surface area contributed by atoms with Crippen LogP contribution in [-0.4, -0.2) is 29.2 Å². The van der Waals surface area contributed by atoms with E-state index in [2.05, 4.69) is 54.5 Å². The molecule has 130 valence electrons. The fourth-order valence-corrected chi connectivity index (χ4v) is 3.00. The zero-order valence-electron chi connectivity index (χ0n) is 14.7. The van der Waals surface area contributed by atoms with Crippen molar-refractivity contribution in [2.75, 3.05) is 13.2 Å². The van der Waals surface area contributed by atoms with Crippen LogP contribution in [0.4, 0.5) is 0 Å². The summed E-state index contributed by atoms with van der Waals surface area (Å²) >= 11 is 0. The summed E-state index contributed by atoms with van der Waals surface area (Å²) in [5.74, 6) is 0. The first kappa shape index (κ1) is 18.9. The van der Waals surface area contributed by atoms with Gasteiger partial charge in [0.25, 0.3) is 0 Å². The first-order valence-electron chi connectivity index (χ1n) is 8.66. The predicted molar refractivity (Wildman–Crippen MR) is 107 cm³/mol. The standard InChI is InChI=1S/C23H27NO/c1-3-11-22(17-16-20-12-7-5-8-13-20)24(18-4-2)23(19-25)21-14-9-6-10-15-21/h3-10,12-17,22-23,25H,1-2,11,18-19H2/b17-16+/t22-,23+/m0/s1. The zero-order chi connectivity index (χ0) is 17.9. The van der Waals surface area contributed by atoms with Gasteiger partial charge in [-0.05, 0) is 17.5 Å². The Bertz CT molecular complexity index is 663. The van der Waals surface area contributed by atoms with E-state index in [4.69, 9.17) is 0 Å². The molecule has 0 bridgehead atoms. The van der Waals surface area contributed by atoms with Crippen LogP contribution in [-0.2, 0) is 0 Å². The van der Waals surface area contributed by atoms with E-state index in [0.717, 1.165) is 17.5 Å². The average Bonchev–Trinajstić information content (AvgIpc) is 2.67. The molecule has 0 fully saturated rings. The Labute approximate surface area is 151 Å². The summed E-state index contributed by atoms with van der Waals surface area (Å²) in [6.07, 6.45) is 8.93. The van der Waals surface area contributed by atoms with Gasteiger partial charge in [-0.3, -0.25) is 4.90 Å². The van der Waals surface area contributed by atoms with E-state index >= 15 is 0 Å². The van der Waals surface area contributed by atoms with Gasteiger partial charge in [0, 0.05) is 12.6 Å². The molecule has 0 aliphatic rings. The minimum Gasteiger partial charge on any atom is -0.394 e. The van der Waals surface area contributed by atoms with Crippen LogP contribution in [0.15, 0.2) is 92.0 Å². The van der Waals surface area contributed by atoms with Crippen LogP contribution < -0.4 is 0 Å². The minimum atomic E-state index is -0.0791. The van der Waals surface area contributed by atoms with Crippen molar-refractivity contribution in [3.05, 3.63) is 103 Å². The number of hydrogen-bond acceptors (Lipinski definition) is 2. The van der Waals surface area contributed by atoms with Crippen LogP contribution in [0.25, 0.3) is 6.08 Å². The van der Waals surface area contributed by atoms with E-state index < -0.39 is 0 Å². The monoisotopic (exact) mass is 333 g/mol. The second-order valence-electron chi connectivity index (χ2n) is 5.96. The molecule has 2 nitrogen and oxygen atoms in total. The average molecular weight is 333 g/mol.